The average molecular weight is 549 g/mol. The molecule has 1 aliphatic carbocycles. The summed E-state index contributed by atoms with van der Waals surface area (Å²) in [7, 11) is -3.31. The molecule has 1 saturated carbocycles. The highest BCUT2D eigenvalue weighted by molar-refractivity contribution is 7.89. The number of amides is 1. The zero-order valence-electron chi connectivity index (χ0n) is 18.5. The molecular formula is C21H30Cl3F2N3O3S. The summed E-state index contributed by atoms with van der Waals surface area (Å²) >= 11 is 12.1. The van der Waals surface area contributed by atoms with Crippen LogP contribution >= 0.6 is 35.6 Å². The van der Waals surface area contributed by atoms with Crippen molar-refractivity contribution in [3.8, 4) is 0 Å². The van der Waals surface area contributed by atoms with Gasteiger partial charge in [0, 0.05) is 56.1 Å². The Morgan fingerprint density at radius 2 is 1.70 bits per heavy atom. The third kappa shape index (κ3) is 6.92. The first-order chi connectivity index (χ1) is 15.0. The lowest BCUT2D eigenvalue weighted by atomic mass is 9.78. The van der Waals surface area contributed by atoms with E-state index in [2.05, 4.69) is 10.2 Å². The minimum atomic E-state index is -3.31. The monoisotopic (exact) mass is 547 g/mol. The Balaban J connectivity index is 0.00000385. The van der Waals surface area contributed by atoms with E-state index in [1.807, 2.05) is 6.92 Å². The van der Waals surface area contributed by atoms with Crippen LogP contribution in [0.4, 0.5) is 8.78 Å². The Labute approximate surface area is 210 Å². The van der Waals surface area contributed by atoms with Crippen LogP contribution in [0.15, 0.2) is 18.2 Å². The van der Waals surface area contributed by atoms with E-state index in [-0.39, 0.29) is 61.0 Å². The fourth-order valence-corrected chi connectivity index (χ4v) is 6.39. The molecule has 1 aromatic rings. The third-order valence-corrected chi connectivity index (χ3v) is 9.07. The number of sulfonamides is 1. The van der Waals surface area contributed by atoms with Crippen LogP contribution in [0.5, 0.6) is 0 Å². The van der Waals surface area contributed by atoms with Crippen LogP contribution in [0.2, 0.25) is 10.0 Å². The van der Waals surface area contributed by atoms with E-state index in [1.165, 1.54) is 16.4 Å². The van der Waals surface area contributed by atoms with E-state index >= 15 is 0 Å². The first kappa shape index (κ1) is 28.5. The predicted octanol–water partition coefficient (Wildman–Crippen LogP) is 4.45. The molecule has 0 atom stereocenters. The fraction of sp³-hybridized carbons (Fsp3) is 0.667. The number of rotatable bonds is 7. The Hall–Kier alpha value is -0.710. The Kier molecular flexibility index (Phi) is 9.81. The molecule has 0 unspecified atom stereocenters. The van der Waals surface area contributed by atoms with E-state index in [0.717, 1.165) is 0 Å². The smallest absolute Gasteiger partial charge is 0.252 e. The average Bonchev–Trinajstić information content (AvgIpc) is 2.75. The first-order valence-corrected chi connectivity index (χ1v) is 13.2. The van der Waals surface area contributed by atoms with E-state index < -0.39 is 27.4 Å². The van der Waals surface area contributed by atoms with Crippen molar-refractivity contribution in [1.29, 1.82) is 0 Å². The zero-order valence-corrected chi connectivity index (χ0v) is 21.6. The van der Waals surface area contributed by atoms with Gasteiger partial charge in [0.05, 0.1) is 16.3 Å². The molecule has 0 spiro atoms. The number of carbonyl (C=O) groups is 1. The summed E-state index contributed by atoms with van der Waals surface area (Å²) in [6.07, 6.45) is 0.431. The van der Waals surface area contributed by atoms with Crippen molar-refractivity contribution < 1.29 is 22.0 Å². The van der Waals surface area contributed by atoms with Crippen molar-refractivity contribution in [1.82, 2.24) is 14.5 Å². The standard InChI is InChI=1S/C21H29Cl2F2N3O3S.ClH/c1-2-13-32(30,31)28-11-9-27(10-12-28)20(5-7-21(24,25)8-6-20)15-26-19(29)17-14-16(22)3-4-18(17)23;/h3-4,14H,2,5-13,15H2,1H3,(H,26,29);1H. The molecular weight excluding hydrogens is 519 g/mol. The van der Waals surface area contributed by atoms with E-state index in [4.69, 9.17) is 23.2 Å². The van der Waals surface area contributed by atoms with Gasteiger partial charge in [0.2, 0.25) is 15.9 Å². The Morgan fingerprint density at radius 3 is 2.27 bits per heavy atom. The second kappa shape index (κ2) is 11.4. The van der Waals surface area contributed by atoms with Crippen LogP contribution in [0.3, 0.4) is 0 Å². The SMILES string of the molecule is CCCS(=O)(=O)N1CCN(C2(CNC(=O)c3cc(Cl)ccc3Cl)CCC(F)(F)CC2)CC1.Cl. The molecule has 33 heavy (non-hydrogen) atoms. The van der Waals surface area contributed by atoms with Crippen molar-refractivity contribution in [2.24, 2.45) is 0 Å². The van der Waals surface area contributed by atoms with E-state index in [1.54, 1.807) is 6.07 Å². The molecule has 3 rings (SSSR count). The molecule has 1 N–H and O–H groups in total. The van der Waals surface area contributed by atoms with Gasteiger partial charge in [0.25, 0.3) is 5.91 Å². The number of benzene rings is 1. The van der Waals surface area contributed by atoms with E-state index in [9.17, 15) is 22.0 Å². The molecule has 2 aliphatic rings. The molecule has 1 saturated heterocycles. The first-order valence-electron chi connectivity index (χ1n) is 10.8. The van der Waals surface area contributed by atoms with Crippen molar-refractivity contribution in [3.05, 3.63) is 33.8 Å². The number of piperazine rings is 1. The van der Waals surface area contributed by atoms with Gasteiger partial charge in [-0.05, 0) is 37.5 Å². The number of nitrogens with zero attached hydrogens (tertiary/aromatic N) is 2. The van der Waals surface area contributed by atoms with Crippen molar-refractivity contribution >= 4 is 51.5 Å². The normalized spacial score (nSPS) is 21.2. The number of halogens is 5. The molecule has 1 aliphatic heterocycles. The van der Waals surface area contributed by atoms with Crippen molar-refractivity contribution in [2.45, 2.75) is 50.5 Å². The third-order valence-electron chi connectivity index (χ3n) is 6.43. The molecule has 0 bridgehead atoms. The summed E-state index contributed by atoms with van der Waals surface area (Å²) in [5.74, 6) is -3.05. The maximum absolute atomic E-state index is 14.0. The van der Waals surface area contributed by atoms with Crippen molar-refractivity contribution in [2.75, 3.05) is 38.5 Å². The number of hydrogen-bond donors (Lipinski definition) is 1. The van der Waals surface area contributed by atoms with Gasteiger partial charge >= 0.3 is 0 Å². The van der Waals surface area contributed by atoms with Gasteiger partial charge in [-0.3, -0.25) is 9.69 Å². The molecule has 188 valence electrons. The van der Waals surface area contributed by atoms with Crippen molar-refractivity contribution in [3.63, 3.8) is 0 Å². The highest BCUT2D eigenvalue weighted by Gasteiger charge is 2.47. The van der Waals surface area contributed by atoms with Crippen LogP contribution in [0, 0.1) is 0 Å². The largest absolute Gasteiger partial charge is 0.350 e. The van der Waals surface area contributed by atoms with Crippen LogP contribution in [0.1, 0.15) is 49.4 Å². The zero-order chi connectivity index (χ0) is 23.6. The summed E-state index contributed by atoms with van der Waals surface area (Å²) in [6, 6.07) is 4.58. The molecule has 1 amide bonds. The summed E-state index contributed by atoms with van der Waals surface area (Å²) in [4.78, 5) is 14.8. The lowest BCUT2D eigenvalue weighted by Gasteiger charge is -2.50. The van der Waals surface area contributed by atoms with Crippen LogP contribution < -0.4 is 5.32 Å². The Bertz CT molecular complexity index is 932. The summed E-state index contributed by atoms with van der Waals surface area (Å²) in [5.41, 5.74) is -0.436. The lowest BCUT2D eigenvalue weighted by Crippen LogP contribution is -2.63. The number of carbonyl (C=O) groups excluding carboxylic acids is 1. The van der Waals surface area contributed by atoms with Crippen LogP contribution in [-0.4, -0.2) is 73.5 Å². The van der Waals surface area contributed by atoms with Crippen LogP contribution in [-0.2, 0) is 10.0 Å². The number of hydrogen-bond acceptors (Lipinski definition) is 4. The van der Waals surface area contributed by atoms with Gasteiger partial charge in [-0.25, -0.2) is 17.2 Å². The molecule has 1 heterocycles. The predicted molar refractivity (Wildman–Crippen MR) is 129 cm³/mol. The van der Waals surface area contributed by atoms with Crippen LogP contribution in [0.25, 0.3) is 0 Å². The minimum absolute atomic E-state index is 0. The summed E-state index contributed by atoms with van der Waals surface area (Å²) in [5, 5.41) is 3.49. The molecule has 1 aromatic carbocycles. The fourth-order valence-electron chi connectivity index (χ4n) is 4.53. The minimum Gasteiger partial charge on any atom is -0.350 e. The van der Waals surface area contributed by atoms with Gasteiger partial charge in [-0.1, -0.05) is 30.1 Å². The van der Waals surface area contributed by atoms with Gasteiger partial charge < -0.3 is 5.32 Å². The number of alkyl halides is 2. The summed E-state index contributed by atoms with van der Waals surface area (Å²) in [6.45, 7) is 3.49. The topological polar surface area (TPSA) is 69.7 Å². The van der Waals surface area contributed by atoms with Gasteiger partial charge in [0.15, 0.2) is 0 Å². The maximum atomic E-state index is 14.0. The number of nitrogens with one attached hydrogen (secondary N) is 1. The maximum Gasteiger partial charge on any atom is 0.252 e. The van der Waals surface area contributed by atoms with Gasteiger partial charge in [-0.2, -0.15) is 4.31 Å². The molecule has 0 radical (unpaired) electrons. The lowest BCUT2D eigenvalue weighted by molar-refractivity contribution is -0.0856. The van der Waals surface area contributed by atoms with Gasteiger partial charge in [-0.15, -0.1) is 12.4 Å². The molecule has 0 aromatic heterocycles. The summed E-state index contributed by atoms with van der Waals surface area (Å²) < 4.78 is 54.2. The Morgan fingerprint density at radius 1 is 1.09 bits per heavy atom. The quantitative estimate of drug-likeness (QED) is 0.547. The molecule has 2 fully saturated rings. The molecule has 12 heteroatoms. The highest BCUT2D eigenvalue weighted by atomic mass is 35.5. The van der Waals surface area contributed by atoms with Gasteiger partial charge in [0.1, 0.15) is 0 Å². The van der Waals surface area contributed by atoms with E-state index in [0.29, 0.717) is 37.6 Å². The highest BCUT2D eigenvalue weighted by Crippen LogP contribution is 2.42. The second-order valence-electron chi connectivity index (χ2n) is 8.59. The molecule has 6 nitrogen and oxygen atoms in total. The second-order valence-corrected chi connectivity index (χ2v) is 11.5.